The Morgan fingerprint density at radius 3 is 2.54 bits per heavy atom. The Morgan fingerprint density at radius 1 is 1.17 bits per heavy atom. The zero-order valence-corrected chi connectivity index (χ0v) is 20.6. The van der Waals surface area contributed by atoms with E-state index >= 15 is 0 Å². The molecular formula is C25H27N3O6S. The highest BCUT2D eigenvalue weighted by Crippen LogP contribution is 2.35. The van der Waals surface area contributed by atoms with Crippen LogP contribution in [0.15, 0.2) is 47.4 Å². The van der Waals surface area contributed by atoms with E-state index < -0.39 is 17.4 Å². The third kappa shape index (κ3) is 5.22. The third-order valence-corrected chi connectivity index (χ3v) is 6.39. The van der Waals surface area contributed by atoms with Gasteiger partial charge in [0, 0.05) is 24.5 Å². The maximum absolute atomic E-state index is 13.3. The van der Waals surface area contributed by atoms with Gasteiger partial charge < -0.3 is 29.4 Å². The van der Waals surface area contributed by atoms with Crippen molar-refractivity contribution in [3.8, 4) is 17.2 Å². The van der Waals surface area contributed by atoms with Crippen LogP contribution in [0.2, 0.25) is 0 Å². The number of nitrogens with one attached hydrogen (secondary N) is 2. The van der Waals surface area contributed by atoms with Crippen LogP contribution in [0.5, 0.6) is 17.2 Å². The number of nitrogens with zero attached hydrogens (tertiary/aromatic N) is 1. The molecule has 4 rings (SSSR count). The summed E-state index contributed by atoms with van der Waals surface area (Å²) >= 11 is 1.56. The summed E-state index contributed by atoms with van der Waals surface area (Å²) in [5.41, 5.74) is 0.757. The van der Waals surface area contributed by atoms with Crippen molar-refractivity contribution in [2.75, 3.05) is 31.2 Å². The summed E-state index contributed by atoms with van der Waals surface area (Å²) in [4.78, 5) is 39.5. The van der Waals surface area contributed by atoms with Gasteiger partial charge in [-0.3, -0.25) is 14.4 Å². The SMILES string of the molecule is CCn1cc(C(=O)N[C@H](CCSC)C(=O)Nc2ccc(OC)cc2)c(=O)c2cc3c(cc21)OCO3. The molecule has 1 aromatic heterocycles. The number of rotatable bonds is 9. The highest BCUT2D eigenvalue weighted by Gasteiger charge is 2.25. The lowest BCUT2D eigenvalue weighted by Gasteiger charge is -2.19. The molecule has 0 saturated carbocycles. The third-order valence-electron chi connectivity index (χ3n) is 5.75. The minimum atomic E-state index is -0.820. The molecule has 184 valence electrons. The van der Waals surface area contributed by atoms with Crippen molar-refractivity contribution in [2.45, 2.75) is 25.9 Å². The van der Waals surface area contributed by atoms with Gasteiger partial charge in [-0.2, -0.15) is 11.8 Å². The van der Waals surface area contributed by atoms with Crippen LogP contribution in [0, 0.1) is 0 Å². The number of ether oxygens (including phenoxy) is 3. The first kappa shape index (κ1) is 24.5. The standard InChI is InChI=1S/C25H27N3O6S/c1-4-28-13-18(23(29)17-11-21-22(12-20(17)28)34-14-33-21)24(30)27-19(9-10-35-3)25(31)26-15-5-7-16(32-2)8-6-15/h5-8,11-13,19H,4,9-10,14H2,1-3H3,(H,26,31)(H,27,30)/t19-/m1/s1. The predicted octanol–water partition coefficient (Wildman–Crippen LogP) is 3.25. The number of methoxy groups -OCH3 is 1. The van der Waals surface area contributed by atoms with Gasteiger partial charge in [0.2, 0.25) is 18.1 Å². The summed E-state index contributed by atoms with van der Waals surface area (Å²) in [6, 6.07) is 9.44. The summed E-state index contributed by atoms with van der Waals surface area (Å²) in [7, 11) is 1.56. The van der Waals surface area contributed by atoms with E-state index in [1.807, 2.05) is 17.7 Å². The molecule has 0 fully saturated rings. The molecule has 1 aliphatic heterocycles. The Hall–Kier alpha value is -3.66. The van der Waals surface area contributed by atoms with Gasteiger partial charge >= 0.3 is 0 Å². The minimum Gasteiger partial charge on any atom is -0.497 e. The van der Waals surface area contributed by atoms with Crippen molar-refractivity contribution in [1.82, 2.24) is 9.88 Å². The fourth-order valence-electron chi connectivity index (χ4n) is 3.85. The van der Waals surface area contributed by atoms with Crippen LogP contribution in [-0.4, -0.2) is 48.3 Å². The Bertz CT molecular complexity index is 1310. The number of aromatic nitrogens is 1. The first-order valence-electron chi connectivity index (χ1n) is 11.2. The second kappa shape index (κ2) is 10.7. The molecular weight excluding hydrogens is 470 g/mol. The zero-order chi connectivity index (χ0) is 24.9. The molecule has 2 aromatic carbocycles. The molecule has 2 amide bonds. The van der Waals surface area contributed by atoms with Gasteiger partial charge in [-0.25, -0.2) is 0 Å². The lowest BCUT2D eigenvalue weighted by molar-refractivity contribution is -0.118. The summed E-state index contributed by atoms with van der Waals surface area (Å²) in [5, 5.41) is 5.94. The number of benzene rings is 2. The molecule has 0 bridgehead atoms. The highest BCUT2D eigenvalue weighted by molar-refractivity contribution is 7.98. The van der Waals surface area contributed by atoms with E-state index in [-0.39, 0.29) is 18.3 Å². The fraction of sp³-hybridized carbons (Fsp3) is 0.320. The highest BCUT2D eigenvalue weighted by atomic mass is 32.2. The van der Waals surface area contributed by atoms with E-state index in [1.165, 1.54) is 6.20 Å². The number of amides is 2. The molecule has 10 heteroatoms. The lowest BCUT2D eigenvalue weighted by Crippen LogP contribution is -2.45. The second-order valence-electron chi connectivity index (χ2n) is 7.91. The first-order valence-corrected chi connectivity index (χ1v) is 12.6. The average molecular weight is 498 g/mol. The number of carbonyl (C=O) groups excluding carboxylic acids is 2. The summed E-state index contributed by atoms with van der Waals surface area (Å²) < 4.78 is 17.8. The Morgan fingerprint density at radius 2 is 1.89 bits per heavy atom. The van der Waals surface area contributed by atoms with E-state index in [0.29, 0.717) is 52.6 Å². The zero-order valence-electron chi connectivity index (χ0n) is 19.8. The molecule has 0 saturated heterocycles. The number of aryl methyl sites for hydroxylation is 1. The molecule has 2 N–H and O–H groups in total. The van der Waals surface area contributed by atoms with Crippen molar-refractivity contribution in [3.63, 3.8) is 0 Å². The Balaban J connectivity index is 1.61. The number of fused-ring (bicyclic) bond motifs is 2. The van der Waals surface area contributed by atoms with Gasteiger partial charge in [-0.15, -0.1) is 0 Å². The first-order chi connectivity index (χ1) is 16.9. The van der Waals surface area contributed by atoms with Crippen molar-refractivity contribution in [1.29, 1.82) is 0 Å². The minimum absolute atomic E-state index is 0.0374. The molecule has 0 unspecified atom stereocenters. The molecule has 1 aliphatic rings. The van der Waals surface area contributed by atoms with E-state index in [4.69, 9.17) is 14.2 Å². The van der Waals surface area contributed by atoms with Crippen LogP contribution in [0.25, 0.3) is 10.9 Å². The van der Waals surface area contributed by atoms with Crippen LogP contribution in [0.3, 0.4) is 0 Å². The molecule has 35 heavy (non-hydrogen) atoms. The summed E-state index contributed by atoms with van der Waals surface area (Å²) in [6.45, 7) is 2.53. The maximum Gasteiger partial charge on any atom is 0.257 e. The second-order valence-corrected chi connectivity index (χ2v) is 8.89. The number of anilines is 1. The topological polar surface area (TPSA) is 108 Å². The largest absolute Gasteiger partial charge is 0.497 e. The molecule has 9 nitrogen and oxygen atoms in total. The quantitative estimate of drug-likeness (QED) is 0.467. The number of thioether (sulfide) groups is 1. The maximum atomic E-state index is 13.3. The van der Waals surface area contributed by atoms with Gasteiger partial charge in [0.1, 0.15) is 17.4 Å². The summed E-state index contributed by atoms with van der Waals surface area (Å²) in [5.74, 6) is 1.38. The van der Waals surface area contributed by atoms with Gasteiger partial charge in [0.05, 0.1) is 18.0 Å². The predicted molar refractivity (Wildman–Crippen MR) is 136 cm³/mol. The van der Waals surface area contributed by atoms with Crippen molar-refractivity contribution >= 4 is 40.2 Å². The number of pyridine rings is 1. The van der Waals surface area contributed by atoms with Crippen LogP contribution in [0.4, 0.5) is 5.69 Å². The molecule has 0 radical (unpaired) electrons. The molecule has 3 aromatic rings. The molecule has 2 heterocycles. The van der Waals surface area contributed by atoms with Gasteiger partial charge in [0.15, 0.2) is 11.5 Å². The van der Waals surface area contributed by atoms with Crippen molar-refractivity contribution < 1.29 is 23.8 Å². The van der Waals surface area contributed by atoms with Crippen molar-refractivity contribution in [2.24, 2.45) is 0 Å². The monoisotopic (exact) mass is 497 g/mol. The van der Waals surface area contributed by atoms with Crippen LogP contribution in [0.1, 0.15) is 23.7 Å². The number of carbonyl (C=O) groups is 2. The van der Waals surface area contributed by atoms with E-state index in [1.54, 1.807) is 55.3 Å². The molecule has 0 spiro atoms. The average Bonchev–Trinajstić information content (AvgIpc) is 3.33. The summed E-state index contributed by atoms with van der Waals surface area (Å²) in [6.07, 6.45) is 3.85. The van der Waals surface area contributed by atoms with Gasteiger partial charge in [-0.05, 0) is 55.7 Å². The van der Waals surface area contributed by atoms with E-state index in [9.17, 15) is 14.4 Å². The molecule has 1 atom stereocenters. The van der Waals surface area contributed by atoms with Gasteiger partial charge in [-0.1, -0.05) is 0 Å². The van der Waals surface area contributed by atoms with Crippen LogP contribution < -0.4 is 30.3 Å². The fourth-order valence-corrected chi connectivity index (χ4v) is 4.32. The Kier molecular flexibility index (Phi) is 7.50. The Labute approximate surface area is 206 Å². The molecule has 0 aliphatic carbocycles. The number of hydrogen-bond donors (Lipinski definition) is 2. The normalized spacial score (nSPS) is 12.9. The van der Waals surface area contributed by atoms with Crippen LogP contribution in [-0.2, 0) is 11.3 Å². The van der Waals surface area contributed by atoms with Gasteiger partial charge in [0.25, 0.3) is 5.91 Å². The smallest absolute Gasteiger partial charge is 0.257 e. The van der Waals surface area contributed by atoms with E-state index in [2.05, 4.69) is 10.6 Å². The van der Waals surface area contributed by atoms with Crippen LogP contribution >= 0.6 is 11.8 Å². The van der Waals surface area contributed by atoms with Crippen molar-refractivity contribution in [3.05, 3.63) is 58.4 Å². The van der Waals surface area contributed by atoms with E-state index in [0.717, 1.165) is 0 Å². The lowest BCUT2D eigenvalue weighted by atomic mass is 10.1. The number of hydrogen-bond acceptors (Lipinski definition) is 7.